The second-order valence-corrected chi connectivity index (χ2v) is 1.72. The second kappa shape index (κ2) is 7.43. The molecule has 0 saturated heterocycles. The smallest absolute Gasteiger partial charge is 0.293 e. The first-order valence-electron chi connectivity index (χ1n) is 3.17. The van der Waals surface area contributed by atoms with Crippen molar-refractivity contribution >= 4 is 6.47 Å². The van der Waals surface area contributed by atoms with Crippen LogP contribution >= 0.6 is 0 Å². The first-order valence-corrected chi connectivity index (χ1v) is 3.17. The molecule has 0 aromatic carbocycles. The Morgan fingerprint density at radius 2 is 2.33 bits per heavy atom. The van der Waals surface area contributed by atoms with E-state index in [0.717, 1.165) is 19.5 Å². The largest absolute Gasteiger partial charge is 0.467 e. The monoisotopic (exact) mass is 131 g/mol. The normalized spacial score (nSPS) is 9.00. The molecule has 0 spiro atoms. The first kappa shape index (κ1) is 8.43. The Balaban J connectivity index is 2.66. The standard InChI is InChI=1S/C6H13NO2/c1-2-3-7-4-5-9-6-8/h6-7H,2-5H2,1H3. The van der Waals surface area contributed by atoms with Crippen LogP contribution in [0.15, 0.2) is 0 Å². The SMILES string of the molecule is CCCNCCOC=O. The average molecular weight is 131 g/mol. The fourth-order valence-electron chi connectivity index (χ4n) is 0.481. The lowest BCUT2D eigenvalue weighted by molar-refractivity contribution is -0.128. The van der Waals surface area contributed by atoms with Gasteiger partial charge in [-0.3, -0.25) is 4.79 Å². The third kappa shape index (κ3) is 7.43. The van der Waals surface area contributed by atoms with Crippen LogP contribution in [0, 0.1) is 0 Å². The van der Waals surface area contributed by atoms with Crippen LogP contribution in [0.3, 0.4) is 0 Å². The third-order valence-electron chi connectivity index (χ3n) is 0.892. The summed E-state index contributed by atoms with van der Waals surface area (Å²) in [4.78, 5) is 9.59. The predicted octanol–water partition coefficient (Wildman–Crippen LogP) is 0.159. The number of rotatable bonds is 6. The van der Waals surface area contributed by atoms with Crippen LogP contribution in [0.2, 0.25) is 0 Å². The van der Waals surface area contributed by atoms with Gasteiger partial charge in [-0.15, -0.1) is 0 Å². The summed E-state index contributed by atoms with van der Waals surface area (Å²) in [6.07, 6.45) is 1.11. The van der Waals surface area contributed by atoms with Crippen LogP contribution in [0.4, 0.5) is 0 Å². The summed E-state index contributed by atoms with van der Waals surface area (Å²) in [7, 11) is 0. The molecule has 0 unspecified atom stereocenters. The van der Waals surface area contributed by atoms with Gasteiger partial charge in [0.15, 0.2) is 0 Å². The minimum absolute atomic E-state index is 0.466. The number of carbonyl (C=O) groups excluding carboxylic acids is 1. The number of ether oxygens (including phenoxy) is 1. The summed E-state index contributed by atoms with van der Waals surface area (Å²) in [5.74, 6) is 0. The van der Waals surface area contributed by atoms with Crippen molar-refractivity contribution in [2.45, 2.75) is 13.3 Å². The van der Waals surface area contributed by atoms with Crippen molar-refractivity contribution < 1.29 is 9.53 Å². The van der Waals surface area contributed by atoms with Gasteiger partial charge in [-0.1, -0.05) is 6.92 Å². The van der Waals surface area contributed by atoms with Crippen molar-refractivity contribution in [3.05, 3.63) is 0 Å². The summed E-state index contributed by atoms with van der Waals surface area (Å²) in [5.41, 5.74) is 0. The average Bonchev–Trinajstić information content (AvgIpc) is 1.89. The molecular formula is C6H13NO2. The molecule has 54 valence electrons. The quantitative estimate of drug-likeness (QED) is 0.412. The lowest BCUT2D eigenvalue weighted by Gasteiger charge is -1.99. The first-order chi connectivity index (χ1) is 4.41. The molecule has 0 aliphatic carbocycles. The van der Waals surface area contributed by atoms with Gasteiger partial charge in [0.1, 0.15) is 6.61 Å². The van der Waals surface area contributed by atoms with Gasteiger partial charge in [0.05, 0.1) is 0 Å². The molecular weight excluding hydrogens is 118 g/mol. The lowest BCUT2D eigenvalue weighted by Crippen LogP contribution is -2.19. The van der Waals surface area contributed by atoms with E-state index in [9.17, 15) is 4.79 Å². The zero-order valence-corrected chi connectivity index (χ0v) is 5.72. The van der Waals surface area contributed by atoms with E-state index in [0.29, 0.717) is 13.1 Å². The van der Waals surface area contributed by atoms with E-state index < -0.39 is 0 Å². The lowest BCUT2D eigenvalue weighted by atomic mass is 10.5. The molecule has 0 amide bonds. The highest BCUT2D eigenvalue weighted by Gasteiger charge is 1.82. The predicted molar refractivity (Wildman–Crippen MR) is 35.2 cm³/mol. The van der Waals surface area contributed by atoms with Crippen LogP contribution in [-0.4, -0.2) is 26.2 Å². The summed E-state index contributed by atoms with van der Waals surface area (Å²) >= 11 is 0. The zero-order valence-electron chi connectivity index (χ0n) is 5.72. The maximum Gasteiger partial charge on any atom is 0.293 e. The highest BCUT2D eigenvalue weighted by Crippen LogP contribution is 1.69. The summed E-state index contributed by atoms with van der Waals surface area (Å²) in [6.45, 7) is 4.78. The minimum Gasteiger partial charge on any atom is -0.467 e. The number of hydrogen-bond donors (Lipinski definition) is 1. The van der Waals surface area contributed by atoms with Crippen LogP contribution in [0.5, 0.6) is 0 Å². The fourth-order valence-corrected chi connectivity index (χ4v) is 0.481. The van der Waals surface area contributed by atoms with Crippen LogP contribution in [0.1, 0.15) is 13.3 Å². The Morgan fingerprint density at radius 1 is 1.56 bits per heavy atom. The minimum atomic E-state index is 0.466. The summed E-state index contributed by atoms with van der Waals surface area (Å²) in [6, 6.07) is 0. The highest BCUT2D eigenvalue weighted by molar-refractivity contribution is 5.36. The maximum atomic E-state index is 9.59. The number of hydrogen-bond acceptors (Lipinski definition) is 3. The Bertz CT molecular complexity index is 66.1. The molecule has 3 nitrogen and oxygen atoms in total. The fraction of sp³-hybridized carbons (Fsp3) is 0.833. The van der Waals surface area contributed by atoms with Gasteiger partial charge in [-0.2, -0.15) is 0 Å². The van der Waals surface area contributed by atoms with Crippen LogP contribution in [-0.2, 0) is 9.53 Å². The molecule has 1 N–H and O–H groups in total. The molecule has 0 aromatic rings. The van der Waals surface area contributed by atoms with Crippen LogP contribution in [0.25, 0.3) is 0 Å². The molecule has 0 aliphatic rings. The van der Waals surface area contributed by atoms with Crippen molar-refractivity contribution in [3.8, 4) is 0 Å². The molecule has 0 rings (SSSR count). The second-order valence-electron chi connectivity index (χ2n) is 1.72. The van der Waals surface area contributed by atoms with E-state index in [4.69, 9.17) is 0 Å². The molecule has 3 heteroatoms. The zero-order chi connectivity index (χ0) is 6.95. The Hall–Kier alpha value is -0.570. The van der Waals surface area contributed by atoms with Gasteiger partial charge in [-0.25, -0.2) is 0 Å². The maximum absolute atomic E-state index is 9.59. The van der Waals surface area contributed by atoms with E-state index in [1.54, 1.807) is 0 Å². The molecule has 0 aromatic heterocycles. The third-order valence-corrected chi connectivity index (χ3v) is 0.892. The molecule has 0 bridgehead atoms. The Morgan fingerprint density at radius 3 is 2.89 bits per heavy atom. The summed E-state index contributed by atoms with van der Waals surface area (Å²) in [5, 5.41) is 3.09. The van der Waals surface area contributed by atoms with Crippen molar-refractivity contribution in [1.82, 2.24) is 5.32 Å². The van der Waals surface area contributed by atoms with Gasteiger partial charge < -0.3 is 10.1 Å². The number of carbonyl (C=O) groups is 1. The summed E-state index contributed by atoms with van der Waals surface area (Å²) < 4.78 is 4.44. The van der Waals surface area contributed by atoms with Crippen molar-refractivity contribution in [2.75, 3.05) is 19.7 Å². The van der Waals surface area contributed by atoms with Gasteiger partial charge >= 0.3 is 0 Å². The van der Waals surface area contributed by atoms with Gasteiger partial charge in [0.25, 0.3) is 6.47 Å². The van der Waals surface area contributed by atoms with E-state index >= 15 is 0 Å². The number of nitrogens with one attached hydrogen (secondary N) is 1. The topological polar surface area (TPSA) is 38.3 Å². The van der Waals surface area contributed by atoms with Crippen molar-refractivity contribution in [2.24, 2.45) is 0 Å². The van der Waals surface area contributed by atoms with E-state index in [2.05, 4.69) is 17.0 Å². The van der Waals surface area contributed by atoms with E-state index in [-0.39, 0.29) is 0 Å². The van der Waals surface area contributed by atoms with Gasteiger partial charge in [-0.05, 0) is 13.0 Å². The molecule has 0 fully saturated rings. The molecule has 0 saturated carbocycles. The molecule has 0 radical (unpaired) electrons. The molecule has 0 aliphatic heterocycles. The molecule has 0 atom stereocenters. The Labute approximate surface area is 55.4 Å². The Kier molecular flexibility index (Phi) is 6.96. The van der Waals surface area contributed by atoms with Crippen molar-refractivity contribution in [1.29, 1.82) is 0 Å². The van der Waals surface area contributed by atoms with Crippen molar-refractivity contribution in [3.63, 3.8) is 0 Å². The molecule has 9 heavy (non-hydrogen) atoms. The van der Waals surface area contributed by atoms with Crippen LogP contribution < -0.4 is 5.32 Å². The van der Waals surface area contributed by atoms with E-state index in [1.807, 2.05) is 0 Å². The molecule has 0 heterocycles. The van der Waals surface area contributed by atoms with Gasteiger partial charge in [0.2, 0.25) is 0 Å². The van der Waals surface area contributed by atoms with E-state index in [1.165, 1.54) is 0 Å². The highest BCUT2D eigenvalue weighted by atomic mass is 16.5. The van der Waals surface area contributed by atoms with Gasteiger partial charge in [0, 0.05) is 6.54 Å².